The topological polar surface area (TPSA) is 62.7 Å². The van der Waals surface area contributed by atoms with Crippen molar-refractivity contribution in [1.29, 1.82) is 0 Å². The standard InChI is InChI=1S/C20H29N3O3/c1-2-26-20(25)16-9-13-23(14-10-16)19(24)17-7-8-18(21-15-17)22-11-5-3-4-6-12-22/h7-8,15-16H,2-6,9-14H2,1H3. The number of amides is 1. The minimum Gasteiger partial charge on any atom is -0.466 e. The monoisotopic (exact) mass is 359 g/mol. The highest BCUT2D eigenvalue weighted by atomic mass is 16.5. The Morgan fingerprint density at radius 3 is 2.35 bits per heavy atom. The van der Waals surface area contributed by atoms with Crippen molar-refractivity contribution in [3.63, 3.8) is 0 Å². The minimum absolute atomic E-state index is 0.00206. The highest BCUT2D eigenvalue weighted by molar-refractivity contribution is 5.94. The van der Waals surface area contributed by atoms with Gasteiger partial charge < -0.3 is 14.5 Å². The number of carbonyl (C=O) groups excluding carboxylic acids is 2. The zero-order valence-electron chi connectivity index (χ0n) is 15.7. The molecule has 2 fully saturated rings. The van der Waals surface area contributed by atoms with E-state index in [-0.39, 0.29) is 17.8 Å². The predicted octanol–water partition coefficient (Wildman–Crippen LogP) is 2.88. The van der Waals surface area contributed by atoms with Crippen LogP contribution in [-0.4, -0.2) is 54.5 Å². The van der Waals surface area contributed by atoms with Gasteiger partial charge in [-0.15, -0.1) is 0 Å². The lowest BCUT2D eigenvalue weighted by Gasteiger charge is -2.31. The highest BCUT2D eigenvalue weighted by Gasteiger charge is 2.28. The molecule has 0 saturated carbocycles. The van der Waals surface area contributed by atoms with Gasteiger partial charge in [-0.05, 0) is 44.7 Å². The number of rotatable bonds is 4. The molecule has 3 heterocycles. The van der Waals surface area contributed by atoms with Crippen LogP contribution >= 0.6 is 0 Å². The van der Waals surface area contributed by atoms with E-state index in [1.165, 1.54) is 25.7 Å². The number of anilines is 1. The van der Waals surface area contributed by atoms with Gasteiger partial charge in [0.15, 0.2) is 0 Å². The first kappa shape index (κ1) is 18.7. The van der Waals surface area contributed by atoms with E-state index in [9.17, 15) is 9.59 Å². The van der Waals surface area contributed by atoms with Crippen LogP contribution in [0.4, 0.5) is 5.82 Å². The Labute approximate surface area is 155 Å². The molecule has 1 amide bonds. The van der Waals surface area contributed by atoms with Crippen molar-refractivity contribution < 1.29 is 14.3 Å². The number of piperidine rings is 1. The zero-order valence-corrected chi connectivity index (χ0v) is 15.7. The summed E-state index contributed by atoms with van der Waals surface area (Å²) in [4.78, 5) is 33.2. The number of hydrogen-bond donors (Lipinski definition) is 0. The normalized spacial score (nSPS) is 19.1. The third-order valence-corrected chi connectivity index (χ3v) is 5.33. The Bertz CT molecular complexity index is 601. The average molecular weight is 359 g/mol. The lowest BCUT2D eigenvalue weighted by atomic mass is 9.96. The minimum atomic E-state index is -0.136. The number of likely N-dealkylation sites (tertiary alicyclic amines) is 1. The van der Waals surface area contributed by atoms with Crippen molar-refractivity contribution in [3.05, 3.63) is 23.9 Å². The third kappa shape index (κ3) is 4.54. The van der Waals surface area contributed by atoms with Crippen molar-refractivity contribution in [3.8, 4) is 0 Å². The first-order chi connectivity index (χ1) is 12.7. The Balaban J connectivity index is 1.56. The van der Waals surface area contributed by atoms with Crippen LogP contribution in [0.1, 0.15) is 55.8 Å². The fourth-order valence-electron chi connectivity index (χ4n) is 3.76. The smallest absolute Gasteiger partial charge is 0.309 e. The molecule has 0 spiro atoms. The molecule has 0 bridgehead atoms. The molecule has 0 aromatic carbocycles. The molecule has 3 rings (SSSR count). The molecule has 1 aromatic rings. The Hall–Kier alpha value is -2.11. The van der Waals surface area contributed by atoms with E-state index in [1.54, 1.807) is 6.20 Å². The van der Waals surface area contributed by atoms with Crippen LogP contribution in [0.15, 0.2) is 18.3 Å². The van der Waals surface area contributed by atoms with Crippen LogP contribution in [0.5, 0.6) is 0 Å². The molecular formula is C20H29N3O3. The van der Waals surface area contributed by atoms with Gasteiger partial charge in [0.2, 0.25) is 0 Å². The molecule has 2 saturated heterocycles. The molecule has 2 aliphatic rings. The maximum absolute atomic E-state index is 12.7. The molecule has 0 radical (unpaired) electrons. The summed E-state index contributed by atoms with van der Waals surface area (Å²) < 4.78 is 5.08. The van der Waals surface area contributed by atoms with E-state index in [0.29, 0.717) is 38.1 Å². The van der Waals surface area contributed by atoms with E-state index in [1.807, 2.05) is 24.0 Å². The zero-order chi connectivity index (χ0) is 18.4. The van der Waals surface area contributed by atoms with Crippen molar-refractivity contribution in [2.75, 3.05) is 37.7 Å². The second-order valence-electron chi connectivity index (χ2n) is 7.12. The van der Waals surface area contributed by atoms with Gasteiger partial charge >= 0.3 is 5.97 Å². The van der Waals surface area contributed by atoms with Crippen LogP contribution in [0.2, 0.25) is 0 Å². The van der Waals surface area contributed by atoms with E-state index >= 15 is 0 Å². The molecule has 142 valence electrons. The first-order valence-electron chi connectivity index (χ1n) is 9.86. The van der Waals surface area contributed by atoms with Crippen molar-refractivity contribution in [1.82, 2.24) is 9.88 Å². The average Bonchev–Trinajstić information content (AvgIpc) is 2.97. The molecule has 2 aliphatic heterocycles. The lowest BCUT2D eigenvalue weighted by molar-refractivity contribution is -0.149. The summed E-state index contributed by atoms with van der Waals surface area (Å²) >= 11 is 0. The number of hydrogen-bond acceptors (Lipinski definition) is 5. The summed E-state index contributed by atoms with van der Waals surface area (Å²) in [6.07, 6.45) is 8.02. The van der Waals surface area contributed by atoms with Crippen molar-refractivity contribution in [2.24, 2.45) is 5.92 Å². The van der Waals surface area contributed by atoms with Gasteiger partial charge in [-0.25, -0.2) is 4.98 Å². The number of pyridine rings is 1. The fraction of sp³-hybridized carbons (Fsp3) is 0.650. The molecule has 0 aliphatic carbocycles. The highest BCUT2D eigenvalue weighted by Crippen LogP contribution is 2.22. The number of esters is 1. The Kier molecular flexibility index (Phi) is 6.47. The van der Waals surface area contributed by atoms with Crippen LogP contribution in [0.3, 0.4) is 0 Å². The third-order valence-electron chi connectivity index (χ3n) is 5.33. The van der Waals surface area contributed by atoms with Gasteiger partial charge in [-0.3, -0.25) is 9.59 Å². The maximum atomic E-state index is 12.7. The van der Waals surface area contributed by atoms with E-state index in [4.69, 9.17) is 4.74 Å². The van der Waals surface area contributed by atoms with E-state index in [0.717, 1.165) is 18.9 Å². The SMILES string of the molecule is CCOC(=O)C1CCN(C(=O)c2ccc(N3CCCCCC3)nc2)CC1. The summed E-state index contributed by atoms with van der Waals surface area (Å²) in [6, 6.07) is 3.84. The molecule has 0 unspecified atom stereocenters. The van der Waals surface area contributed by atoms with E-state index in [2.05, 4.69) is 9.88 Å². The molecule has 26 heavy (non-hydrogen) atoms. The largest absolute Gasteiger partial charge is 0.466 e. The first-order valence-corrected chi connectivity index (χ1v) is 9.86. The maximum Gasteiger partial charge on any atom is 0.309 e. The molecule has 1 aromatic heterocycles. The quantitative estimate of drug-likeness (QED) is 0.774. The summed E-state index contributed by atoms with van der Waals surface area (Å²) in [5.41, 5.74) is 0.623. The van der Waals surface area contributed by atoms with Crippen LogP contribution in [0, 0.1) is 5.92 Å². The molecule has 0 N–H and O–H groups in total. The second kappa shape index (κ2) is 9.01. The van der Waals surface area contributed by atoms with Gasteiger partial charge in [0.1, 0.15) is 5.82 Å². The van der Waals surface area contributed by atoms with Gasteiger partial charge in [0.25, 0.3) is 5.91 Å². The van der Waals surface area contributed by atoms with Crippen LogP contribution in [0.25, 0.3) is 0 Å². The number of nitrogens with zero attached hydrogens (tertiary/aromatic N) is 3. The summed E-state index contributed by atoms with van der Waals surface area (Å²) in [5.74, 6) is 0.748. The second-order valence-corrected chi connectivity index (χ2v) is 7.12. The van der Waals surface area contributed by atoms with Gasteiger partial charge in [0, 0.05) is 32.4 Å². The number of ether oxygens (including phenoxy) is 1. The van der Waals surface area contributed by atoms with Crippen LogP contribution < -0.4 is 4.90 Å². The predicted molar refractivity (Wildman–Crippen MR) is 100 cm³/mol. The number of aromatic nitrogens is 1. The van der Waals surface area contributed by atoms with Crippen LogP contribution in [-0.2, 0) is 9.53 Å². The Morgan fingerprint density at radius 1 is 1.08 bits per heavy atom. The molecule has 6 nitrogen and oxygen atoms in total. The summed E-state index contributed by atoms with van der Waals surface area (Å²) in [6.45, 7) is 5.50. The fourth-order valence-corrected chi connectivity index (χ4v) is 3.76. The van der Waals surface area contributed by atoms with Crippen molar-refractivity contribution >= 4 is 17.7 Å². The van der Waals surface area contributed by atoms with Gasteiger partial charge in [-0.1, -0.05) is 12.8 Å². The van der Waals surface area contributed by atoms with Gasteiger partial charge in [-0.2, -0.15) is 0 Å². The molecule has 0 atom stereocenters. The van der Waals surface area contributed by atoms with Gasteiger partial charge in [0.05, 0.1) is 18.1 Å². The van der Waals surface area contributed by atoms with Crippen molar-refractivity contribution in [2.45, 2.75) is 45.4 Å². The molecule has 6 heteroatoms. The summed E-state index contributed by atoms with van der Waals surface area (Å²) in [7, 11) is 0. The summed E-state index contributed by atoms with van der Waals surface area (Å²) in [5, 5.41) is 0. The Morgan fingerprint density at radius 2 is 1.77 bits per heavy atom. The molecular weight excluding hydrogens is 330 g/mol. The number of carbonyl (C=O) groups is 2. The van der Waals surface area contributed by atoms with E-state index < -0.39 is 0 Å². The lowest BCUT2D eigenvalue weighted by Crippen LogP contribution is -2.40.